The third-order valence-electron chi connectivity index (χ3n) is 3.32. The highest BCUT2D eigenvalue weighted by molar-refractivity contribution is 5.79. The van der Waals surface area contributed by atoms with Crippen LogP contribution in [0.1, 0.15) is 5.56 Å². The van der Waals surface area contributed by atoms with Crippen LogP contribution in [0.5, 0.6) is 0 Å². The van der Waals surface area contributed by atoms with Crippen LogP contribution in [0, 0.1) is 0 Å². The first-order valence-electron chi connectivity index (χ1n) is 5.04. The van der Waals surface area contributed by atoms with Gasteiger partial charge in [-0.15, -0.1) is 0 Å². The smallest absolute Gasteiger partial charge is 0.318 e. The monoisotopic (exact) mass is 204 g/mol. The van der Waals surface area contributed by atoms with Gasteiger partial charge >= 0.3 is 6.03 Å². The summed E-state index contributed by atoms with van der Waals surface area (Å²) in [6.07, 6.45) is 0. The van der Waals surface area contributed by atoms with E-state index in [0.29, 0.717) is 13.1 Å². The lowest BCUT2D eigenvalue weighted by Crippen LogP contribution is -2.66. The van der Waals surface area contributed by atoms with Gasteiger partial charge in [0.25, 0.3) is 0 Å². The fraction of sp³-hybridized carbons (Fsp3) is 0.364. The van der Waals surface area contributed by atoms with E-state index in [1.54, 1.807) is 4.90 Å². The molecule has 1 aromatic rings. The number of carbonyl (C=O) groups excluding carboxylic acids is 1. The first kappa shape index (κ1) is 8.73. The van der Waals surface area contributed by atoms with Crippen LogP contribution in [0.2, 0.25) is 0 Å². The molecule has 0 radical (unpaired) electrons. The maximum absolute atomic E-state index is 11.3. The highest BCUT2D eigenvalue weighted by Crippen LogP contribution is 2.40. The molecule has 4 heteroatoms. The Morgan fingerprint density at radius 1 is 1.40 bits per heavy atom. The molecule has 0 spiro atoms. The highest BCUT2D eigenvalue weighted by atomic mass is 16.3. The van der Waals surface area contributed by atoms with E-state index in [0.717, 1.165) is 5.56 Å². The zero-order chi connectivity index (χ0) is 10.5. The molecule has 15 heavy (non-hydrogen) atoms. The van der Waals surface area contributed by atoms with Crippen LogP contribution >= 0.6 is 0 Å². The van der Waals surface area contributed by atoms with Crippen LogP contribution in [0.4, 0.5) is 4.79 Å². The van der Waals surface area contributed by atoms with Crippen molar-refractivity contribution in [3.63, 3.8) is 0 Å². The lowest BCUT2D eigenvalue weighted by molar-refractivity contribution is -0.119. The Labute approximate surface area is 87.5 Å². The molecule has 4 nitrogen and oxygen atoms in total. The number of nitrogens with zero attached hydrogens (tertiary/aromatic N) is 1. The lowest BCUT2D eigenvalue weighted by Gasteiger charge is -2.49. The molecule has 0 bridgehead atoms. The van der Waals surface area contributed by atoms with E-state index < -0.39 is 5.60 Å². The van der Waals surface area contributed by atoms with Crippen molar-refractivity contribution >= 4 is 6.03 Å². The molecule has 0 saturated carbocycles. The normalized spacial score (nSPS) is 33.3. The molecule has 3 rings (SSSR count). The van der Waals surface area contributed by atoms with Crippen molar-refractivity contribution in [2.24, 2.45) is 0 Å². The Kier molecular flexibility index (Phi) is 1.59. The number of fused-ring (bicyclic) bond motifs is 1. The number of nitrogens with one attached hydrogen (secondary N) is 1. The number of benzene rings is 1. The van der Waals surface area contributed by atoms with Crippen molar-refractivity contribution in [3.8, 4) is 0 Å². The molecule has 2 N–H and O–H groups in total. The summed E-state index contributed by atoms with van der Waals surface area (Å²) < 4.78 is 0. The number of aliphatic hydroxyl groups is 1. The molecule has 0 aliphatic carbocycles. The number of hydrogen-bond donors (Lipinski definition) is 2. The van der Waals surface area contributed by atoms with Crippen molar-refractivity contribution in [1.82, 2.24) is 10.2 Å². The van der Waals surface area contributed by atoms with Gasteiger partial charge in [0.15, 0.2) is 0 Å². The van der Waals surface area contributed by atoms with E-state index >= 15 is 0 Å². The third-order valence-corrected chi connectivity index (χ3v) is 3.32. The number of urea groups is 1. The van der Waals surface area contributed by atoms with Crippen molar-refractivity contribution in [2.75, 3.05) is 13.1 Å². The number of rotatable bonds is 1. The van der Waals surface area contributed by atoms with Crippen LogP contribution in [-0.4, -0.2) is 35.2 Å². The highest BCUT2D eigenvalue weighted by Gasteiger charge is 2.57. The lowest BCUT2D eigenvalue weighted by atomic mass is 9.79. The molecular weight excluding hydrogens is 192 g/mol. The van der Waals surface area contributed by atoms with E-state index in [1.165, 1.54) is 0 Å². The second kappa shape index (κ2) is 2.73. The van der Waals surface area contributed by atoms with Gasteiger partial charge < -0.3 is 15.3 Å². The Bertz CT molecular complexity index is 406. The van der Waals surface area contributed by atoms with Gasteiger partial charge in [-0.1, -0.05) is 30.3 Å². The maximum Gasteiger partial charge on any atom is 0.318 e. The van der Waals surface area contributed by atoms with Gasteiger partial charge in [0.2, 0.25) is 0 Å². The van der Waals surface area contributed by atoms with Crippen molar-refractivity contribution in [1.29, 1.82) is 0 Å². The summed E-state index contributed by atoms with van der Waals surface area (Å²) in [5.41, 5.74) is 0.0307. The molecule has 2 saturated heterocycles. The molecule has 2 aliphatic heterocycles. The first-order chi connectivity index (χ1) is 7.22. The molecule has 2 fully saturated rings. The first-order valence-corrected chi connectivity index (χ1v) is 5.04. The minimum atomic E-state index is -0.861. The topological polar surface area (TPSA) is 52.6 Å². The summed E-state index contributed by atoms with van der Waals surface area (Å²) in [7, 11) is 0. The second-order valence-corrected chi connectivity index (χ2v) is 4.12. The zero-order valence-electron chi connectivity index (χ0n) is 8.18. The van der Waals surface area contributed by atoms with Crippen molar-refractivity contribution < 1.29 is 9.90 Å². The molecule has 2 atom stereocenters. The molecule has 2 heterocycles. The van der Waals surface area contributed by atoms with E-state index in [-0.39, 0.29) is 12.1 Å². The summed E-state index contributed by atoms with van der Waals surface area (Å²) >= 11 is 0. The van der Waals surface area contributed by atoms with Crippen molar-refractivity contribution in [2.45, 2.75) is 11.6 Å². The summed E-state index contributed by atoms with van der Waals surface area (Å²) in [6.45, 7) is 0.928. The predicted octanol–water partition coefficient (Wildman–Crippen LogP) is 0.282. The quantitative estimate of drug-likeness (QED) is 0.690. The summed E-state index contributed by atoms with van der Waals surface area (Å²) in [5, 5.41) is 13.2. The Morgan fingerprint density at radius 2 is 2.13 bits per heavy atom. The number of amides is 2. The Morgan fingerprint density at radius 3 is 2.80 bits per heavy atom. The fourth-order valence-electron chi connectivity index (χ4n) is 2.41. The molecule has 0 unspecified atom stereocenters. The summed E-state index contributed by atoms with van der Waals surface area (Å²) in [4.78, 5) is 12.9. The molecule has 2 amide bonds. The SMILES string of the molecule is O=C1NC[C@H]2N1C[C@]2(O)c1ccccc1. The number of hydrogen-bond acceptors (Lipinski definition) is 2. The predicted molar refractivity (Wildman–Crippen MR) is 54.2 cm³/mol. The van der Waals surface area contributed by atoms with Crippen LogP contribution in [0.15, 0.2) is 30.3 Å². The average molecular weight is 204 g/mol. The van der Waals surface area contributed by atoms with Gasteiger partial charge in [-0.25, -0.2) is 4.79 Å². The van der Waals surface area contributed by atoms with Gasteiger partial charge in [-0.2, -0.15) is 0 Å². The van der Waals surface area contributed by atoms with Gasteiger partial charge in [0.1, 0.15) is 5.60 Å². The Balaban J connectivity index is 1.92. The molecule has 1 aromatic carbocycles. The molecular formula is C11H12N2O2. The minimum Gasteiger partial charge on any atom is -0.381 e. The largest absolute Gasteiger partial charge is 0.381 e. The molecule has 0 aromatic heterocycles. The van der Waals surface area contributed by atoms with E-state index in [9.17, 15) is 9.90 Å². The minimum absolute atomic E-state index is 0.0689. The van der Waals surface area contributed by atoms with E-state index in [1.807, 2.05) is 30.3 Å². The van der Waals surface area contributed by atoms with Gasteiger partial charge in [-0.3, -0.25) is 0 Å². The Hall–Kier alpha value is -1.55. The summed E-state index contributed by atoms with van der Waals surface area (Å²) in [5.74, 6) is 0. The summed E-state index contributed by atoms with van der Waals surface area (Å²) in [6, 6.07) is 9.36. The molecule has 2 aliphatic rings. The standard InChI is InChI=1S/C11H12N2O2/c14-10-12-6-9-11(15,7-13(9)10)8-4-2-1-3-5-8/h1-5,9,15H,6-7H2,(H,12,14)/t9-,11+/m1/s1. The fourth-order valence-corrected chi connectivity index (χ4v) is 2.41. The van der Waals surface area contributed by atoms with Crippen LogP contribution in [-0.2, 0) is 5.60 Å². The van der Waals surface area contributed by atoms with Crippen LogP contribution in [0.3, 0.4) is 0 Å². The zero-order valence-corrected chi connectivity index (χ0v) is 8.18. The molecule has 78 valence electrons. The van der Waals surface area contributed by atoms with Crippen LogP contribution in [0.25, 0.3) is 0 Å². The van der Waals surface area contributed by atoms with E-state index in [2.05, 4.69) is 5.32 Å². The second-order valence-electron chi connectivity index (χ2n) is 4.12. The maximum atomic E-state index is 11.3. The van der Waals surface area contributed by atoms with Crippen LogP contribution < -0.4 is 5.32 Å². The average Bonchev–Trinajstić information content (AvgIpc) is 2.56. The van der Waals surface area contributed by atoms with Gasteiger partial charge in [0, 0.05) is 6.54 Å². The van der Waals surface area contributed by atoms with Crippen molar-refractivity contribution in [3.05, 3.63) is 35.9 Å². The van der Waals surface area contributed by atoms with Gasteiger partial charge in [-0.05, 0) is 5.56 Å². The van der Waals surface area contributed by atoms with E-state index in [4.69, 9.17) is 0 Å². The third kappa shape index (κ3) is 1.02. The van der Waals surface area contributed by atoms with Gasteiger partial charge in [0.05, 0.1) is 12.6 Å². The number of carbonyl (C=O) groups is 1.